The van der Waals surface area contributed by atoms with E-state index in [-0.39, 0.29) is 11.8 Å². The van der Waals surface area contributed by atoms with Crippen molar-refractivity contribution in [2.24, 2.45) is 0 Å². The molecule has 0 spiro atoms. The van der Waals surface area contributed by atoms with Crippen LogP contribution in [0.1, 0.15) is 35.7 Å². The van der Waals surface area contributed by atoms with Crippen LogP contribution in [0.3, 0.4) is 0 Å². The van der Waals surface area contributed by atoms with E-state index in [4.69, 9.17) is 11.6 Å². The lowest BCUT2D eigenvalue weighted by Gasteiger charge is -2.35. The summed E-state index contributed by atoms with van der Waals surface area (Å²) >= 11 is 7.30. The summed E-state index contributed by atoms with van der Waals surface area (Å²) in [5.74, 6) is 5.65. The average molecular weight is 454 g/mol. The first-order valence-electron chi connectivity index (χ1n) is 9.80. The van der Waals surface area contributed by atoms with Crippen molar-refractivity contribution in [1.82, 2.24) is 9.88 Å². The molecule has 31 heavy (non-hydrogen) atoms. The SMILES string of the molecule is CC(=O)Nc1nc2ccc(C(=O)N3CCC(O)(C#Cc4cccc(Cl)c4)CC3)cc2s1. The number of piperidine rings is 1. The van der Waals surface area contributed by atoms with Gasteiger partial charge in [0.05, 0.1) is 10.2 Å². The Morgan fingerprint density at radius 1 is 1.23 bits per heavy atom. The summed E-state index contributed by atoms with van der Waals surface area (Å²) in [5.41, 5.74) is 0.903. The smallest absolute Gasteiger partial charge is 0.253 e. The lowest BCUT2D eigenvalue weighted by atomic mass is 9.91. The van der Waals surface area contributed by atoms with Crippen LogP contribution >= 0.6 is 22.9 Å². The fourth-order valence-corrected chi connectivity index (χ4v) is 4.55. The fraction of sp³-hybridized carbons (Fsp3) is 0.261. The van der Waals surface area contributed by atoms with E-state index in [0.717, 1.165) is 15.8 Å². The monoisotopic (exact) mass is 453 g/mol. The van der Waals surface area contributed by atoms with Gasteiger partial charge in [0.1, 0.15) is 5.60 Å². The van der Waals surface area contributed by atoms with Gasteiger partial charge in [0, 0.05) is 49.0 Å². The number of benzene rings is 2. The molecule has 8 heteroatoms. The van der Waals surface area contributed by atoms with Crippen LogP contribution in [-0.4, -0.2) is 45.5 Å². The molecule has 1 aromatic heterocycles. The van der Waals surface area contributed by atoms with E-state index in [9.17, 15) is 14.7 Å². The zero-order chi connectivity index (χ0) is 22.0. The first-order chi connectivity index (χ1) is 14.8. The molecule has 2 aromatic carbocycles. The van der Waals surface area contributed by atoms with Crippen LogP contribution in [0.2, 0.25) is 5.02 Å². The van der Waals surface area contributed by atoms with Crippen molar-refractivity contribution in [3.63, 3.8) is 0 Å². The summed E-state index contributed by atoms with van der Waals surface area (Å²) in [6, 6.07) is 12.5. The molecule has 1 aliphatic rings. The van der Waals surface area contributed by atoms with Gasteiger partial charge in [-0.25, -0.2) is 4.98 Å². The van der Waals surface area contributed by atoms with Crippen molar-refractivity contribution >= 4 is 50.1 Å². The molecular weight excluding hydrogens is 434 g/mol. The molecule has 0 radical (unpaired) electrons. The highest BCUT2D eigenvalue weighted by Crippen LogP contribution is 2.28. The number of halogens is 1. The van der Waals surface area contributed by atoms with E-state index in [1.54, 1.807) is 35.2 Å². The topological polar surface area (TPSA) is 82.5 Å². The van der Waals surface area contributed by atoms with Crippen molar-refractivity contribution in [2.45, 2.75) is 25.4 Å². The standard InChI is InChI=1S/C23H20ClN3O3S/c1-15(28)25-22-26-19-6-5-17(14-20(19)31-22)21(29)27-11-9-23(30,10-12-27)8-7-16-3-2-4-18(24)13-16/h2-6,13-14,30H,9-12H2,1H3,(H,25,26,28). The number of likely N-dealkylation sites (tertiary alicyclic amines) is 1. The number of rotatable bonds is 2. The number of anilines is 1. The number of carbonyl (C=O) groups is 2. The fourth-order valence-electron chi connectivity index (χ4n) is 3.40. The molecule has 2 heterocycles. The summed E-state index contributed by atoms with van der Waals surface area (Å²) in [7, 11) is 0. The van der Waals surface area contributed by atoms with Crippen LogP contribution in [0.5, 0.6) is 0 Å². The summed E-state index contributed by atoms with van der Waals surface area (Å²) in [6.07, 6.45) is 0.754. The number of hydrogen-bond donors (Lipinski definition) is 2. The van der Waals surface area contributed by atoms with Gasteiger partial charge in [-0.15, -0.1) is 0 Å². The van der Waals surface area contributed by atoms with Crippen molar-refractivity contribution < 1.29 is 14.7 Å². The Hall–Kier alpha value is -2.92. The Morgan fingerprint density at radius 3 is 2.71 bits per heavy atom. The molecule has 4 rings (SSSR count). The Labute approximate surface area is 188 Å². The van der Waals surface area contributed by atoms with Crippen LogP contribution in [0, 0.1) is 11.8 Å². The number of nitrogens with zero attached hydrogens (tertiary/aromatic N) is 2. The van der Waals surface area contributed by atoms with Gasteiger partial charge < -0.3 is 15.3 Å². The molecule has 0 atom stereocenters. The number of thiazole rings is 1. The zero-order valence-corrected chi connectivity index (χ0v) is 18.4. The zero-order valence-electron chi connectivity index (χ0n) is 16.8. The molecule has 0 aliphatic carbocycles. The highest BCUT2D eigenvalue weighted by molar-refractivity contribution is 7.22. The van der Waals surface area contributed by atoms with E-state index in [1.165, 1.54) is 18.3 Å². The minimum Gasteiger partial charge on any atom is -0.377 e. The number of nitrogens with one attached hydrogen (secondary N) is 1. The van der Waals surface area contributed by atoms with Crippen molar-refractivity contribution in [3.8, 4) is 11.8 Å². The van der Waals surface area contributed by atoms with Crippen molar-refractivity contribution in [3.05, 3.63) is 58.6 Å². The van der Waals surface area contributed by atoms with Crippen LogP contribution < -0.4 is 5.32 Å². The summed E-state index contributed by atoms with van der Waals surface area (Å²) in [5, 5.41) is 14.6. The van der Waals surface area contributed by atoms with Gasteiger partial charge in [-0.1, -0.05) is 40.8 Å². The third-order valence-electron chi connectivity index (χ3n) is 5.06. The minimum atomic E-state index is -1.13. The molecule has 3 aromatic rings. The molecule has 0 bridgehead atoms. The lowest BCUT2D eigenvalue weighted by Crippen LogP contribution is -2.46. The number of aromatic nitrogens is 1. The van der Waals surface area contributed by atoms with E-state index >= 15 is 0 Å². The van der Waals surface area contributed by atoms with Gasteiger partial charge in [-0.2, -0.15) is 0 Å². The summed E-state index contributed by atoms with van der Waals surface area (Å²) < 4.78 is 0.829. The summed E-state index contributed by atoms with van der Waals surface area (Å²) in [6.45, 7) is 2.26. The van der Waals surface area contributed by atoms with Gasteiger partial charge in [-0.05, 0) is 36.4 Å². The predicted molar refractivity (Wildman–Crippen MR) is 122 cm³/mol. The molecule has 1 fully saturated rings. The third-order valence-corrected chi connectivity index (χ3v) is 6.23. The second kappa shape index (κ2) is 8.67. The molecule has 0 unspecified atom stereocenters. The summed E-state index contributed by atoms with van der Waals surface area (Å²) in [4.78, 5) is 30.3. The van der Waals surface area contributed by atoms with E-state index < -0.39 is 5.60 Å². The molecule has 2 N–H and O–H groups in total. The molecule has 158 valence electrons. The van der Waals surface area contributed by atoms with Gasteiger partial charge in [0.15, 0.2) is 5.13 Å². The number of hydrogen-bond acceptors (Lipinski definition) is 5. The largest absolute Gasteiger partial charge is 0.377 e. The van der Waals surface area contributed by atoms with Crippen LogP contribution in [0.25, 0.3) is 10.2 Å². The number of amides is 2. The Morgan fingerprint density at radius 2 is 2.00 bits per heavy atom. The predicted octanol–water partition coefficient (Wildman–Crippen LogP) is 3.93. The number of carbonyl (C=O) groups excluding carboxylic acids is 2. The first kappa shape index (κ1) is 21.3. The average Bonchev–Trinajstić information content (AvgIpc) is 3.13. The third kappa shape index (κ3) is 5.05. The first-order valence-corrected chi connectivity index (χ1v) is 11.0. The maximum Gasteiger partial charge on any atom is 0.253 e. The second-order valence-corrected chi connectivity index (χ2v) is 8.93. The van der Waals surface area contributed by atoms with Crippen LogP contribution in [-0.2, 0) is 4.79 Å². The Kier molecular flexibility index (Phi) is 5.96. The van der Waals surface area contributed by atoms with Crippen LogP contribution in [0.15, 0.2) is 42.5 Å². The molecule has 2 amide bonds. The lowest BCUT2D eigenvalue weighted by molar-refractivity contribution is -0.114. The van der Waals surface area contributed by atoms with Crippen LogP contribution in [0.4, 0.5) is 5.13 Å². The highest BCUT2D eigenvalue weighted by Gasteiger charge is 2.32. The minimum absolute atomic E-state index is 0.0961. The van der Waals surface area contributed by atoms with Crippen molar-refractivity contribution in [1.29, 1.82) is 0 Å². The normalized spacial score (nSPS) is 15.3. The number of aliphatic hydroxyl groups is 1. The molecular formula is C23H20ClN3O3S. The maximum atomic E-state index is 13.0. The molecule has 6 nitrogen and oxygen atoms in total. The Balaban J connectivity index is 1.43. The van der Waals surface area contributed by atoms with Gasteiger partial charge >= 0.3 is 0 Å². The number of fused-ring (bicyclic) bond motifs is 1. The quantitative estimate of drug-likeness (QED) is 0.576. The maximum absolute atomic E-state index is 13.0. The molecule has 1 saturated heterocycles. The van der Waals surface area contributed by atoms with Gasteiger partial charge in [0.2, 0.25) is 5.91 Å². The van der Waals surface area contributed by atoms with Gasteiger partial charge in [0.25, 0.3) is 5.91 Å². The molecule has 0 saturated carbocycles. The van der Waals surface area contributed by atoms with E-state index in [1.807, 2.05) is 12.1 Å². The second-order valence-electron chi connectivity index (χ2n) is 7.47. The van der Waals surface area contributed by atoms with Crippen molar-refractivity contribution in [2.75, 3.05) is 18.4 Å². The van der Waals surface area contributed by atoms with E-state index in [2.05, 4.69) is 22.1 Å². The van der Waals surface area contributed by atoms with Gasteiger partial charge in [-0.3, -0.25) is 9.59 Å². The Bertz CT molecular complexity index is 1220. The molecule has 1 aliphatic heterocycles. The van der Waals surface area contributed by atoms with E-state index in [0.29, 0.717) is 41.6 Å². The highest BCUT2D eigenvalue weighted by atomic mass is 35.5.